The number of nitrogens with one attached hydrogen (secondary N) is 1. The van der Waals surface area contributed by atoms with E-state index in [2.05, 4.69) is 28.2 Å². The molecule has 2 heterocycles. The average molecular weight is 244 g/mol. The Balaban J connectivity index is 1.74. The van der Waals surface area contributed by atoms with Gasteiger partial charge < -0.3 is 10.2 Å². The van der Waals surface area contributed by atoms with Crippen LogP contribution in [0.5, 0.6) is 0 Å². The summed E-state index contributed by atoms with van der Waals surface area (Å²) in [5, 5.41) is 12.0. The molecule has 1 aromatic rings. The van der Waals surface area contributed by atoms with Crippen LogP contribution in [0.4, 0.5) is 5.82 Å². The topological polar surface area (TPSA) is 52.0 Å². The van der Waals surface area contributed by atoms with Crippen LogP contribution in [0.25, 0.3) is 0 Å². The molecule has 96 valence electrons. The molecule has 1 aliphatic rings. The number of hydrogen-bond acceptors (Lipinski definition) is 4. The van der Waals surface area contributed by atoms with E-state index in [9.17, 15) is 0 Å². The van der Waals surface area contributed by atoms with Crippen LogP contribution < -0.4 is 5.32 Å². The van der Waals surface area contributed by atoms with Crippen LogP contribution in [0.3, 0.4) is 0 Å². The summed E-state index contributed by atoms with van der Waals surface area (Å²) in [6.45, 7) is 6.84. The summed E-state index contributed by atoms with van der Waals surface area (Å²) >= 11 is 0. The van der Waals surface area contributed by atoms with Crippen molar-refractivity contribution in [1.82, 2.24) is 9.88 Å². The average Bonchev–Trinajstić information content (AvgIpc) is 2.90. The molecule has 0 radical (unpaired) electrons. The van der Waals surface area contributed by atoms with Crippen molar-refractivity contribution in [2.75, 3.05) is 31.5 Å². The minimum Gasteiger partial charge on any atom is -0.370 e. The van der Waals surface area contributed by atoms with Gasteiger partial charge in [0.2, 0.25) is 0 Å². The fourth-order valence-corrected chi connectivity index (χ4v) is 2.31. The molecular formula is C14H20N4. The zero-order valence-corrected chi connectivity index (χ0v) is 10.9. The number of rotatable bonds is 5. The molecule has 0 saturated carbocycles. The molecule has 1 aromatic heterocycles. The van der Waals surface area contributed by atoms with E-state index in [-0.39, 0.29) is 0 Å². The second-order valence-corrected chi connectivity index (χ2v) is 5.04. The fourth-order valence-electron chi connectivity index (χ4n) is 2.31. The molecule has 2 rings (SSSR count). The summed E-state index contributed by atoms with van der Waals surface area (Å²) in [6, 6.07) is 5.72. The lowest BCUT2D eigenvalue weighted by atomic mass is 10.1. The minimum absolute atomic E-state index is 0.602. The highest BCUT2D eigenvalue weighted by Gasteiger charge is 2.14. The van der Waals surface area contributed by atoms with Gasteiger partial charge in [0.15, 0.2) is 0 Å². The normalized spacial score (nSPS) is 17.3. The quantitative estimate of drug-likeness (QED) is 0.861. The third kappa shape index (κ3) is 3.71. The first-order valence-electron chi connectivity index (χ1n) is 6.60. The Labute approximate surface area is 109 Å². The van der Waals surface area contributed by atoms with E-state index in [1.54, 1.807) is 12.3 Å². The van der Waals surface area contributed by atoms with Crippen molar-refractivity contribution < 1.29 is 0 Å². The molecule has 4 nitrogen and oxygen atoms in total. The fraction of sp³-hybridized carbons (Fsp3) is 0.571. The van der Waals surface area contributed by atoms with Crippen molar-refractivity contribution in [3.8, 4) is 6.07 Å². The lowest BCUT2D eigenvalue weighted by molar-refractivity contribution is 0.294. The van der Waals surface area contributed by atoms with Crippen molar-refractivity contribution in [1.29, 1.82) is 5.26 Å². The first kappa shape index (κ1) is 12.8. The molecule has 18 heavy (non-hydrogen) atoms. The van der Waals surface area contributed by atoms with Crippen molar-refractivity contribution in [2.45, 2.75) is 19.8 Å². The van der Waals surface area contributed by atoms with Crippen LogP contribution in [-0.4, -0.2) is 36.1 Å². The summed E-state index contributed by atoms with van der Waals surface area (Å²) < 4.78 is 0. The Bertz CT molecular complexity index is 401. The standard InChI is InChI=1S/C14H20N4/c1-12(11-18-6-2-3-7-18)9-16-14-5-4-13(8-15)10-17-14/h4-5,10,12H,2-3,6-7,9,11H2,1H3,(H,16,17). The monoisotopic (exact) mass is 244 g/mol. The number of pyridine rings is 1. The summed E-state index contributed by atoms with van der Waals surface area (Å²) in [5.74, 6) is 1.46. The maximum Gasteiger partial charge on any atom is 0.125 e. The van der Waals surface area contributed by atoms with Gasteiger partial charge in [-0.15, -0.1) is 0 Å². The number of anilines is 1. The highest BCUT2D eigenvalue weighted by atomic mass is 15.1. The summed E-state index contributed by atoms with van der Waals surface area (Å²) in [4.78, 5) is 6.73. The van der Waals surface area contributed by atoms with Gasteiger partial charge in [0.1, 0.15) is 11.9 Å². The highest BCUT2D eigenvalue weighted by molar-refractivity contribution is 5.38. The highest BCUT2D eigenvalue weighted by Crippen LogP contribution is 2.11. The van der Waals surface area contributed by atoms with Gasteiger partial charge >= 0.3 is 0 Å². The second kappa shape index (κ2) is 6.36. The third-order valence-corrected chi connectivity index (χ3v) is 3.29. The number of likely N-dealkylation sites (tertiary alicyclic amines) is 1. The van der Waals surface area contributed by atoms with Crippen molar-refractivity contribution in [3.05, 3.63) is 23.9 Å². The van der Waals surface area contributed by atoms with Gasteiger partial charge in [-0.1, -0.05) is 6.92 Å². The smallest absolute Gasteiger partial charge is 0.125 e. The van der Waals surface area contributed by atoms with E-state index in [0.29, 0.717) is 11.5 Å². The van der Waals surface area contributed by atoms with Gasteiger partial charge in [0.05, 0.1) is 5.56 Å². The minimum atomic E-state index is 0.602. The molecule has 1 saturated heterocycles. The van der Waals surface area contributed by atoms with E-state index in [1.807, 2.05) is 6.07 Å². The van der Waals surface area contributed by atoms with Crippen molar-refractivity contribution >= 4 is 5.82 Å². The maximum absolute atomic E-state index is 8.69. The van der Waals surface area contributed by atoms with Crippen molar-refractivity contribution in [3.63, 3.8) is 0 Å². The van der Waals surface area contributed by atoms with E-state index >= 15 is 0 Å². The van der Waals surface area contributed by atoms with E-state index in [4.69, 9.17) is 5.26 Å². The van der Waals surface area contributed by atoms with Crippen LogP contribution in [0.1, 0.15) is 25.3 Å². The number of nitriles is 1. The molecule has 4 heteroatoms. The third-order valence-electron chi connectivity index (χ3n) is 3.29. The molecule has 1 N–H and O–H groups in total. The Morgan fingerprint density at radius 1 is 1.44 bits per heavy atom. The van der Waals surface area contributed by atoms with Gasteiger partial charge in [0, 0.05) is 19.3 Å². The van der Waals surface area contributed by atoms with Crippen LogP contribution in [0.2, 0.25) is 0 Å². The molecule has 0 aliphatic carbocycles. The zero-order chi connectivity index (χ0) is 12.8. The van der Waals surface area contributed by atoms with Crippen LogP contribution in [-0.2, 0) is 0 Å². The lowest BCUT2D eigenvalue weighted by Crippen LogP contribution is -2.29. The predicted octanol–water partition coefficient (Wildman–Crippen LogP) is 2.10. The molecule has 0 bridgehead atoms. The van der Waals surface area contributed by atoms with Crippen LogP contribution in [0, 0.1) is 17.2 Å². The van der Waals surface area contributed by atoms with Gasteiger partial charge in [-0.3, -0.25) is 0 Å². The van der Waals surface area contributed by atoms with Gasteiger partial charge in [0.25, 0.3) is 0 Å². The molecule has 0 amide bonds. The van der Waals surface area contributed by atoms with E-state index in [0.717, 1.165) is 18.9 Å². The molecular weight excluding hydrogens is 224 g/mol. The Morgan fingerprint density at radius 3 is 2.83 bits per heavy atom. The molecule has 0 aromatic carbocycles. The predicted molar refractivity (Wildman–Crippen MR) is 72.3 cm³/mol. The van der Waals surface area contributed by atoms with Gasteiger partial charge in [-0.25, -0.2) is 4.98 Å². The van der Waals surface area contributed by atoms with Crippen molar-refractivity contribution in [2.24, 2.45) is 5.92 Å². The second-order valence-electron chi connectivity index (χ2n) is 5.04. The number of nitrogens with zero attached hydrogens (tertiary/aromatic N) is 3. The first-order chi connectivity index (χ1) is 8.78. The zero-order valence-electron chi connectivity index (χ0n) is 10.9. The summed E-state index contributed by atoms with van der Waals surface area (Å²) in [6.07, 6.45) is 4.29. The Hall–Kier alpha value is -1.60. The molecule has 1 aliphatic heterocycles. The maximum atomic E-state index is 8.69. The van der Waals surface area contributed by atoms with Gasteiger partial charge in [-0.2, -0.15) is 5.26 Å². The molecule has 1 atom stereocenters. The SMILES string of the molecule is CC(CNc1ccc(C#N)cn1)CN1CCCC1. The number of hydrogen-bond donors (Lipinski definition) is 1. The van der Waals surface area contributed by atoms with Crippen LogP contribution >= 0.6 is 0 Å². The Kier molecular flexibility index (Phi) is 4.54. The van der Waals surface area contributed by atoms with Gasteiger partial charge in [-0.05, 0) is 44.0 Å². The Morgan fingerprint density at radius 2 is 2.22 bits per heavy atom. The largest absolute Gasteiger partial charge is 0.370 e. The molecule has 0 spiro atoms. The number of aromatic nitrogens is 1. The lowest BCUT2D eigenvalue weighted by Gasteiger charge is -2.20. The summed E-state index contributed by atoms with van der Waals surface area (Å²) in [5.41, 5.74) is 0.602. The van der Waals surface area contributed by atoms with Crippen LogP contribution in [0.15, 0.2) is 18.3 Å². The molecule has 1 fully saturated rings. The van der Waals surface area contributed by atoms with E-state index < -0.39 is 0 Å². The first-order valence-corrected chi connectivity index (χ1v) is 6.60. The summed E-state index contributed by atoms with van der Waals surface area (Å²) in [7, 11) is 0. The van der Waals surface area contributed by atoms with E-state index in [1.165, 1.54) is 25.9 Å². The molecule has 1 unspecified atom stereocenters.